The van der Waals surface area contributed by atoms with Crippen LogP contribution in [-0.4, -0.2) is 29.4 Å². The molecule has 1 rings (SSSR count). The van der Waals surface area contributed by atoms with Crippen LogP contribution in [0.3, 0.4) is 0 Å². The summed E-state index contributed by atoms with van der Waals surface area (Å²) in [6.45, 7) is 2.75. The van der Waals surface area contributed by atoms with Crippen LogP contribution < -0.4 is 0 Å². The summed E-state index contributed by atoms with van der Waals surface area (Å²) in [4.78, 5) is 17.1. The Morgan fingerprint density at radius 1 is 1.43 bits per heavy atom. The summed E-state index contributed by atoms with van der Waals surface area (Å²) in [5.74, 6) is 0.198. The molecule has 0 saturated carbocycles. The van der Waals surface area contributed by atoms with E-state index in [9.17, 15) is 4.79 Å². The molecular formula is C11H16N2O. The molecule has 1 amide bonds. The fourth-order valence-corrected chi connectivity index (χ4v) is 1.17. The van der Waals surface area contributed by atoms with E-state index in [0.29, 0.717) is 6.42 Å². The first-order valence-corrected chi connectivity index (χ1v) is 4.87. The Labute approximate surface area is 84.8 Å². The van der Waals surface area contributed by atoms with E-state index in [0.717, 1.165) is 18.5 Å². The molecule has 3 nitrogen and oxygen atoms in total. The molecule has 0 aliphatic carbocycles. The van der Waals surface area contributed by atoms with Crippen LogP contribution in [0.25, 0.3) is 0 Å². The molecule has 0 spiro atoms. The van der Waals surface area contributed by atoms with Crippen LogP contribution in [-0.2, 0) is 11.2 Å². The minimum absolute atomic E-state index is 0.198. The second-order valence-electron chi connectivity index (χ2n) is 3.26. The molecule has 0 aliphatic rings. The Hall–Kier alpha value is -1.38. The highest BCUT2D eigenvalue weighted by molar-refractivity contribution is 5.76. The van der Waals surface area contributed by atoms with E-state index in [-0.39, 0.29) is 5.91 Å². The predicted molar refractivity (Wildman–Crippen MR) is 55.9 cm³/mol. The van der Waals surface area contributed by atoms with Gasteiger partial charge < -0.3 is 4.90 Å². The normalized spacial score (nSPS) is 9.86. The molecule has 0 aromatic carbocycles. The van der Waals surface area contributed by atoms with Crippen molar-refractivity contribution in [2.75, 3.05) is 13.6 Å². The monoisotopic (exact) mass is 192 g/mol. The van der Waals surface area contributed by atoms with Crippen molar-refractivity contribution in [2.24, 2.45) is 0 Å². The van der Waals surface area contributed by atoms with Crippen molar-refractivity contribution in [3.63, 3.8) is 0 Å². The Kier molecular flexibility index (Phi) is 4.11. The van der Waals surface area contributed by atoms with Crippen molar-refractivity contribution in [1.29, 1.82) is 0 Å². The molecule has 1 heterocycles. The maximum Gasteiger partial charge on any atom is 0.222 e. The van der Waals surface area contributed by atoms with E-state index in [1.54, 1.807) is 17.3 Å². The van der Waals surface area contributed by atoms with Gasteiger partial charge in [-0.3, -0.25) is 9.78 Å². The van der Waals surface area contributed by atoms with Gasteiger partial charge in [0.1, 0.15) is 0 Å². The van der Waals surface area contributed by atoms with Crippen molar-refractivity contribution >= 4 is 5.91 Å². The number of hydrogen-bond donors (Lipinski definition) is 0. The maximum atomic E-state index is 11.5. The average Bonchev–Trinajstić information content (AvgIpc) is 2.26. The van der Waals surface area contributed by atoms with Crippen LogP contribution in [0.1, 0.15) is 18.9 Å². The number of carbonyl (C=O) groups excluding carboxylic acids is 1. The van der Waals surface area contributed by atoms with E-state index in [2.05, 4.69) is 4.98 Å². The molecule has 0 N–H and O–H groups in total. The minimum atomic E-state index is 0.198. The van der Waals surface area contributed by atoms with Crippen LogP contribution >= 0.6 is 0 Å². The smallest absolute Gasteiger partial charge is 0.222 e. The first-order valence-electron chi connectivity index (χ1n) is 4.87. The van der Waals surface area contributed by atoms with Gasteiger partial charge in [0.25, 0.3) is 0 Å². The maximum absolute atomic E-state index is 11.5. The summed E-state index contributed by atoms with van der Waals surface area (Å²) in [5.41, 5.74) is 1.16. The van der Waals surface area contributed by atoms with Crippen molar-refractivity contribution in [2.45, 2.75) is 19.8 Å². The van der Waals surface area contributed by atoms with Crippen LogP contribution in [0.4, 0.5) is 0 Å². The van der Waals surface area contributed by atoms with E-state index in [1.165, 1.54) is 0 Å². The molecule has 0 bridgehead atoms. The SMILES string of the molecule is CCN(C)C(=O)CCc1ccncc1. The van der Waals surface area contributed by atoms with Crippen LogP contribution in [0, 0.1) is 0 Å². The molecule has 1 aromatic rings. The highest BCUT2D eigenvalue weighted by Crippen LogP contribution is 2.02. The van der Waals surface area contributed by atoms with Gasteiger partial charge in [0.05, 0.1) is 0 Å². The summed E-state index contributed by atoms with van der Waals surface area (Å²) < 4.78 is 0. The minimum Gasteiger partial charge on any atom is -0.346 e. The molecule has 0 unspecified atom stereocenters. The molecule has 0 atom stereocenters. The molecule has 3 heteroatoms. The number of aromatic nitrogens is 1. The fraction of sp³-hybridized carbons (Fsp3) is 0.455. The summed E-state index contributed by atoms with van der Waals surface area (Å²) >= 11 is 0. The second kappa shape index (κ2) is 5.37. The lowest BCUT2D eigenvalue weighted by Gasteiger charge is -2.13. The first kappa shape index (κ1) is 10.7. The predicted octanol–water partition coefficient (Wildman–Crippen LogP) is 1.49. The third-order valence-electron chi connectivity index (χ3n) is 2.28. The number of amides is 1. The zero-order chi connectivity index (χ0) is 10.4. The zero-order valence-electron chi connectivity index (χ0n) is 8.73. The van der Waals surface area contributed by atoms with Gasteiger partial charge in [0, 0.05) is 32.4 Å². The lowest BCUT2D eigenvalue weighted by atomic mass is 10.1. The van der Waals surface area contributed by atoms with Gasteiger partial charge in [-0.05, 0) is 31.0 Å². The third kappa shape index (κ3) is 3.17. The van der Waals surface area contributed by atoms with Gasteiger partial charge in [0.2, 0.25) is 5.91 Å². The zero-order valence-corrected chi connectivity index (χ0v) is 8.73. The standard InChI is InChI=1S/C11H16N2O/c1-3-13(2)11(14)5-4-10-6-8-12-9-7-10/h6-9H,3-5H2,1-2H3. The van der Waals surface area contributed by atoms with Crippen molar-refractivity contribution in [3.05, 3.63) is 30.1 Å². The topological polar surface area (TPSA) is 33.2 Å². The highest BCUT2D eigenvalue weighted by atomic mass is 16.2. The number of pyridine rings is 1. The largest absolute Gasteiger partial charge is 0.346 e. The molecule has 0 saturated heterocycles. The number of aryl methyl sites for hydroxylation is 1. The summed E-state index contributed by atoms with van der Waals surface area (Å²) in [6.07, 6.45) is 4.88. The molecule has 0 fully saturated rings. The average molecular weight is 192 g/mol. The molecule has 76 valence electrons. The van der Waals surface area contributed by atoms with E-state index < -0.39 is 0 Å². The quantitative estimate of drug-likeness (QED) is 0.724. The molecule has 14 heavy (non-hydrogen) atoms. The molecular weight excluding hydrogens is 176 g/mol. The van der Waals surface area contributed by atoms with Crippen LogP contribution in [0.15, 0.2) is 24.5 Å². The lowest BCUT2D eigenvalue weighted by molar-refractivity contribution is -0.129. The molecule has 0 radical (unpaired) electrons. The van der Waals surface area contributed by atoms with E-state index in [4.69, 9.17) is 0 Å². The summed E-state index contributed by atoms with van der Waals surface area (Å²) in [5, 5.41) is 0. The Balaban J connectivity index is 2.38. The number of rotatable bonds is 4. The first-order chi connectivity index (χ1) is 6.74. The van der Waals surface area contributed by atoms with E-state index in [1.807, 2.05) is 26.1 Å². The van der Waals surface area contributed by atoms with Crippen LogP contribution in [0.2, 0.25) is 0 Å². The van der Waals surface area contributed by atoms with Gasteiger partial charge in [-0.15, -0.1) is 0 Å². The Morgan fingerprint density at radius 2 is 2.07 bits per heavy atom. The number of carbonyl (C=O) groups is 1. The fourth-order valence-electron chi connectivity index (χ4n) is 1.17. The van der Waals surface area contributed by atoms with Gasteiger partial charge in [0.15, 0.2) is 0 Å². The molecule has 1 aromatic heterocycles. The van der Waals surface area contributed by atoms with Crippen LogP contribution in [0.5, 0.6) is 0 Å². The Morgan fingerprint density at radius 3 is 2.64 bits per heavy atom. The van der Waals surface area contributed by atoms with Gasteiger partial charge in [-0.2, -0.15) is 0 Å². The third-order valence-corrected chi connectivity index (χ3v) is 2.28. The van der Waals surface area contributed by atoms with Gasteiger partial charge >= 0.3 is 0 Å². The summed E-state index contributed by atoms with van der Waals surface area (Å²) in [6, 6.07) is 3.89. The summed E-state index contributed by atoms with van der Waals surface area (Å²) in [7, 11) is 1.83. The lowest BCUT2D eigenvalue weighted by Crippen LogP contribution is -2.26. The Bertz CT molecular complexity index is 285. The van der Waals surface area contributed by atoms with Crippen molar-refractivity contribution < 1.29 is 4.79 Å². The highest BCUT2D eigenvalue weighted by Gasteiger charge is 2.05. The van der Waals surface area contributed by atoms with E-state index >= 15 is 0 Å². The van der Waals surface area contributed by atoms with Crippen molar-refractivity contribution in [1.82, 2.24) is 9.88 Å². The van der Waals surface area contributed by atoms with Crippen molar-refractivity contribution in [3.8, 4) is 0 Å². The van der Waals surface area contributed by atoms with Gasteiger partial charge in [-0.1, -0.05) is 0 Å². The van der Waals surface area contributed by atoms with Gasteiger partial charge in [-0.25, -0.2) is 0 Å². The number of hydrogen-bond acceptors (Lipinski definition) is 2. The number of nitrogens with zero attached hydrogens (tertiary/aromatic N) is 2. The molecule has 0 aliphatic heterocycles. The second-order valence-corrected chi connectivity index (χ2v) is 3.26.